The third-order valence-electron chi connectivity index (χ3n) is 4.29. The fourth-order valence-corrected chi connectivity index (χ4v) is 3.35. The van der Waals surface area contributed by atoms with Gasteiger partial charge < -0.3 is 0 Å². The molecule has 0 saturated heterocycles. The molecule has 4 rings (SSSR count). The van der Waals surface area contributed by atoms with Crippen LogP contribution in [-0.4, -0.2) is 5.71 Å². The fourth-order valence-electron chi connectivity index (χ4n) is 3.08. The van der Waals surface area contributed by atoms with Crippen molar-refractivity contribution in [1.29, 1.82) is 0 Å². The predicted molar refractivity (Wildman–Crippen MR) is 103 cm³/mol. The smallest absolute Gasteiger partial charge is 0.0831 e. The van der Waals surface area contributed by atoms with Crippen molar-refractivity contribution in [2.24, 2.45) is 5.10 Å². The van der Waals surface area contributed by atoms with Crippen LogP contribution in [0.5, 0.6) is 0 Å². The van der Waals surface area contributed by atoms with Crippen molar-refractivity contribution < 1.29 is 0 Å². The van der Waals surface area contributed by atoms with Gasteiger partial charge in [0.15, 0.2) is 0 Å². The van der Waals surface area contributed by atoms with Crippen LogP contribution < -0.4 is 5.01 Å². The first-order valence-electron chi connectivity index (χ1n) is 8.04. The second kappa shape index (κ2) is 6.62. The number of nitrogens with zero attached hydrogens (tertiary/aromatic N) is 2. The third kappa shape index (κ3) is 3.00. The molecule has 1 aliphatic rings. The highest BCUT2D eigenvalue weighted by Gasteiger charge is 2.29. The molecule has 0 unspecified atom stereocenters. The van der Waals surface area contributed by atoms with Gasteiger partial charge in [0.1, 0.15) is 0 Å². The highest BCUT2D eigenvalue weighted by molar-refractivity contribution is 9.10. The van der Waals surface area contributed by atoms with E-state index in [-0.39, 0.29) is 6.04 Å². The van der Waals surface area contributed by atoms with Gasteiger partial charge in [-0.25, -0.2) is 0 Å². The lowest BCUT2D eigenvalue weighted by molar-refractivity contribution is 0.709. The van der Waals surface area contributed by atoms with Gasteiger partial charge in [-0.15, -0.1) is 0 Å². The number of rotatable bonds is 3. The summed E-state index contributed by atoms with van der Waals surface area (Å²) in [4.78, 5) is 0. The molecule has 0 aromatic heterocycles. The van der Waals surface area contributed by atoms with E-state index in [1.165, 1.54) is 11.1 Å². The summed E-state index contributed by atoms with van der Waals surface area (Å²) >= 11 is 3.51. The molecule has 1 heterocycles. The van der Waals surface area contributed by atoms with Crippen LogP contribution in [0.25, 0.3) is 0 Å². The summed E-state index contributed by atoms with van der Waals surface area (Å²) < 4.78 is 1.08. The molecule has 0 radical (unpaired) electrons. The Bertz CT molecular complexity index is 842. The Balaban J connectivity index is 1.75. The number of anilines is 1. The van der Waals surface area contributed by atoms with Gasteiger partial charge in [0, 0.05) is 10.9 Å². The molecular weight excluding hydrogens is 360 g/mol. The van der Waals surface area contributed by atoms with Crippen LogP contribution in [0.15, 0.2) is 94.5 Å². The summed E-state index contributed by atoms with van der Waals surface area (Å²) in [6.07, 6.45) is 0.907. The lowest BCUT2D eigenvalue weighted by Crippen LogP contribution is -2.18. The van der Waals surface area contributed by atoms with E-state index >= 15 is 0 Å². The van der Waals surface area contributed by atoms with Crippen LogP contribution >= 0.6 is 15.9 Å². The molecule has 24 heavy (non-hydrogen) atoms. The number of halogens is 1. The zero-order chi connectivity index (χ0) is 16.4. The topological polar surface area (TPSA) is 15.6 Å². The van der Waals surface area contributed by atoms with Crippen molar-refractivity contribution in [3.63, 3.8) is 0 Å². The number of hydrogen-bond acceptors (Lipinski definition) is 2. The molecule has 0 amide bonds. The summed E-state index contributed by atoms with van der Waals surface area (Å²) in [6.45, 7) is 0. The molecule has 2 nitrogen and oxygen atoms in total. The van der Waals surface area contributed by atoms with E-state index in [1.807, 2.05) is 6.07 Å². The van der Waals surface area contributed by atoms with Gasteiger partial charge in [-0.1, -0.05) is 76.6 Å². The van der Waals surface area contributed by atoms with Crippen LogP contribution in [0.2, 0.25) is 0 Å². The maximum Gasteiger partial charge on any atom is 0.0831 e. The predicted octanol–water partition coefficient (Wildman–Crippen LogP) is 5.80. The lowest BCUT2D eigenvalue weighted by atomic mass is 9.98. The molecule has 0 bridgehead atoms. The zero-order valence-corrected chi connectivity index (χ0v) is 14.7. The first-order chi connectivity index (χ1) is 11.8. The van der Waals surface area contributed by atoms with Gasteiger partial charge in [0.25, 0.3) is 0 Å². The fraction of sp³-hybridized carbons (Fsp3) is 0.0952. The largest absolute Gasteiger partial charge is 0.257 e. The molecule has 0 saturated carbocycles. The van der Waals surface area contributed by atoms with Crippen molar-refractivity contribution in [1.82, 2.24) is 0 Å². The Kier molecular flexibility index (Phi) is 4.18. The Morgan fingerprint density at radius 2 is 1.42 bits per heavy atom. The average molecular weight is 377 g/mol. The maximum absolute atomic E-state index is 4.95. The minimum Gasteiger partial charge on any atom is -0.257 e. The summed E-state index contributed by atoms with van der Waals surface area (Å²) in [5.74, 6) is 0. The average Bonchev–Trinajstić information content (AvgIpc) is 3.09. The molecule has 0 N–H and O–H groups in total. The first kappa shape index (κ1) is 15.2. The minimum atomic E-state index is 0.225. The molecule has 3 heteroatoms. The zero-order valence-electron chi connectivity index (χ0n) is 13.1. The molecule has 3 aromatic rings. The van der Waals surface area contributed by atoms with Crippen molar-refractivity contribution in [3.05, 3.63) is 101 Å². The lowest BCUT2D eigenvalue weighted by Gasteiger charge is -2.24. The quantitative estimate of drug-likeness (QED) is 0.563. The van der Waals surface area contributed by atoms with Crippen LogP contribution in [0.1, 0.15) is 23.6 Å². The standard InChI is InChI=1S/C21H17BrN2/c22-18-11-13-19(14-12-18)24-21(17-9-5-2-6-10-17)15-20(23-24)16-7-3-1-4-8-16/h1-14,21H,15H2/t21-/m0/s1. The molecule has 1 atom stereocenters. The van der Waals surface area contributed by atoms with E-state index in [1.54, 1.807) is 0 Å². The summed E-state index contributed by atoms with van der Waals surface area (Å²) in [7, 11) is 0. The highest BCUT2D eigenvalue weighted by Crippen LogP contribution is 2.36. The normalized spacial score (nSPS) is 17.0. The Labute approximate surface area is 150 Å². The number of hydrogen-bond donors (Lipinski definition) is 0. The van der Waals surface area contributed by atoms with E-state index in [0.717, 1.165) is 22.3 Å². The second-order valence-corrected chi connectivity index (χ2v) is 6.78. The van der Waals surface area contributed by atoms with E-state index in [4.69, 9.17) is 5.10 Å². The van der Waals surface area contributed by atoms with Crippen molar-refractivity contribution in [2.45, 2.75) is 12.5 Å². The van der Waals surface area contributed by atoms with E-state index in [0.29, 0.717) is 0 Å². The van der Waals surface area contributed by atoms with Crippen LogP contribution in [-0.2, 0) is 0 Å². The Hall–Kier alpha value is -2.39. The van der Waals surface area contributed by atoms with Gasteiger partial charge in [-0.3, -0.25) is 5.01 Å². The molecule has 0 fully saturated rings. The van der Waals surface area contributed by atoms with Gasteiger partial charge in [-0.2, -0.15) is 5.10 Å². The maximum atomic E-state index is 4.95. The van der Waals surface area contributed by atoms with Crippen LogP contribution in [0, 0.1) is 0 Å². The third-order valence-corrected chi connectivity index (χ3v) is 4.82. The van der Waals surface area contributed by atoms with Crippen molar-refractivity contribution in [2.75, 3.05) is 5.01 Å². The Morgan fingerprint density at radius 3 is 2.08 bits per heavy atom. The first-order valence-corrected chi connectivity index (χ1v) is 8.83. The van der Waals surface area contributed by atoms with E-state index in [9.17, 15) is 0 Å². The molecule has 1 aliphatic heterocycles. The van der Waals surface area contributed by atoms with Crippen molar-refractivity contribution >= 4 is 27.3 Å². The van der Waals surface area contributed by atoms with Gasteiger partial charge in [0.05, 0.1) is 17.4 Å². The van der Waals surface area contributed by atoms with E-state index in [2.05, 4.69) is 99.8 Å². The molecule has 0 aliphatic carbocycles. The van der Waals surface area contributed by atoms with Gasteiger partial charge in [-0.05, 0) is 35.4 Å². The SMILES string of the molecule is Brc1ccc(N2N=C(c3ccccc3)C[C@H]2c2ccccc2)cc1. The van der Waals surface area contributed by atoms with Crippen LogP contribution in [0.3, 0.4) is 0 Å². The number of benzene rings is 3. The van der Waals surface area contributed by atoms with Gasteiger partial charge in [0.2, 0.25) is 0 Å². The van der Waals surface area contributed by atoms with Crippen LogP contribution in [0.4, 0.5) is 5.69 Å². The monoisotopic (exact) mass is 376 g/mol. The Morgan fingerprint density at radius 1 is 0.792 bits per heavy atom. The molecule has 118 valence electrons. The summed E-state index contributed by atoms with van der Waals surface area (Å²) in [6, 6.07) is 29.6. The van der Waals surface area contributed by atoms with Crippen molar-refractivity contribution in [3.8, 4) is 0 Å². The molecule has 0 spiro atoms. The highest BCUT2D eigenvalue weighted by atomic mass is 79.9. The summed E-state index contributed by atoms with van der Waals surface area (Å²) in [5, 5.41) is 7.09. The van der Waals surface area contributed by atoms with E-state index < -0.39 is 0 Å². The number of hydrazone groups is 1. The van der Waals surface area contributed by atoms with Gasteiger partial charge >= 0.3 is 0 Å². The summed E-state index contributed by atoms with van der Waals surface area (Å²) in [5.41, 5.74) is 4.72. The second-order valence-electron chi connectivity index (χ2n) is 5.86. The molecular formula is C21H17BrN2. The molecule has 3 aromatic carbocycles. The minimum absolute atomic E-state index is 0.225.